The van der Waals surface area contributed by atoms with E-state index in [2.05, 4.69) is 20.1 Å². The van der Waals surface area contributed by atoms with Gasteiger partial charge >= 0.3 is 0 Å². The second-order valence-corrected chi connectivity index (χ2v) is 5.39. The number of hydrogen-bond donors (Lipinski definition) is 1. The average molecular weight is 286 g/mol. The molecule has 1 saturated heterocycles. The van der Waals surface area contributed by atoms with Crippen molar-refractivity contribution in [3.05, 3.63) is 18.2 Å². The van der Waals surface area contributed by atoms with Crippen molar-refractivity contribution in [1.82, 2.24) is 15.2 Å². The van der Waals surface area contributed by atoms with Gasteiger partial charge in [-0.25, -0.2) is 0 Å². The fraction of sp³-hybridized carbons (Fsp3) is 0.467. The number of benzene rings is 1. The zero-order valence-electron chi connectivity index (χ0n) is 11.8. The average Bonchev–Trinajstić information content (AvgIpc) is 3.05. The molecule has 1 fully saturated rings. The minimum absolute atomic E-state index is 0.589. The molecule has 0 bridgehead atoms. The molecule has 6 heteroatoms. The van der Waals surface area contributed by atoms with Crippen molar-refractivity contribution in [3.8, 4) is 22.9 Å². The van der Waals surface area contributed by atoms with Crippen LogP contribution < -0.4 is 14.4 Å². The summed E-state index contributed by atoms with van der Waals surface area (Å²) in [5.41, 5.74) is 0.968. The predicted molar refractivity (Wildman–Crippen MR) is 78.9 cm³/mol. The molecule has 1 aromatic heterocycles. The highest BCUT2D eigenvalue weighted by Gasteiger charge is 2.17. The number of fused-ring (bicyclic) bond motifs is 1. The van der Waals surface area contributed by atoms with Crippen LogP contribution in [0.1, 0.15) is 19.3 Å². The fourth-order valence-electron chi connectivity index (χ4n) is 2.81. The topological polar surface area (TPSA) is 63.3 Å². The molecule has 0 spiro atoms. The molecular formula is C15H18N4O2. The molecule has 2 aliphatic heterocycles. The van der Waals surface area contributed by atoms with Gasteiger partial charge in [-0.05, 0) is 37.5 Å². The Balaban J connectivity index is 1.60. The molecule has 0 amide bonds. The van der Waals surface area contributed by atoms with Gasteiger partial charge in [-0.1, -0.05) is 0 Å². The molecule has 21 heavy (non-hydrogen) atoms. The molecule has 0 unspecified atom stereocenters. The highest BCUT2D eigenvalue weighted by Crippen LogP contribution is 2.33. The van der Waals surface area contributed by atoms with Crippen molar-refractivity contribution in [3.63, 3.8) is 0 Å². The van der Waals surface area contributed by atoms with Crippen LogP contribution >= 0.6 is 0 Å². The van der Waals surface area contributed by atoms with Crippen molar-refractivity contribution < 1.29 is 9.47 Å². The first-order valence-corrected chi connectivity index (χ1v) is 7.47. The predicted octanol–water partition coefficient (Wildman–Crippen LogP) is 2.23. The first-order valence-electron chi connectivity index (χ1n) is 7.47. The van der Waals surface area contributed by atoms with E-state index in [1.165, 1.54) is 19.3 Å². The third kappa shape index (κ3) is 2.41. The molecule has 0 saturated carbocycles. The van der Waals surface area contributed by atoms with Crippen molar-refractivity contribution >= 4 is 5.95 Å². The van der Waals surface area contributed by atoms with Crippen molar-refractivity contribution in [1.29, 1.82) is 0 Å². The summed E-state index contributed by atoms with van der Waals surface area (Å²) in [5, 5.41) is 7.37. The molecule has 0 radical (unpaired) electrons. The van der Waals surface area contributed by atoms with Crippen LogP contribution in [0.15, 0.2) is 18.2 Å². The summed E-state index contributed by atoms with van der Waals surface area (Å²) in [7, 11) is 0. The van der Waals surface area contributed by atoms with Crippen LogP contribution in [0.3, 0.4) is 0 Å². The maximum atomic E-state index is 5.61. The molecule has 1 aromatic carbocycles. The fourth-order valence-corrected chi connectivity index (χ4v) is 2.81. The Hall–Kier alpha value is -2.24. The molecule has 110 valence electrons. The number of rotatable bonds is 2. The van der Waals surface area contributed by atoms with Gasteiger partial charge < -0.3 is 14.4 Å². The summed E-state index contributed by atoms with van der Waals surface area (Å²) in [6.07, 6.45) is 3.73. The lowest BCUT2D eigenvalue weighted by molar-refractivity contribution is 0.171. The van der Waals surface area contributed by atoms with E-state index in [0.717, 1.165) is 41.9 Å². The maximum Gasteiger partial charge on any atom is 0.245 e. The number of nitrogens with one attached hydrogen (secondary N) is 1. The van der Waals surface area contributed by atoms with Gasteiger partial charge in [-0.15, -0.1) is 5.10 Å². The van der Waals surface area contributed by atoms with Crippen LogP contribution in [0.25, 0.3) is 11.4 Å². The SMILES string of the molecule is c1cc2c(cc1-c1nc(N3CCCCC3)n[nH]1)OCCO2. The molecule has 0 atom stereocenters. The lowest BCUT2D eigenvalue weighted by Gasteiger charge is -2.24. The molecule has 4 rings (SSSR count). The number of H-pyrrole nitrogens is 1. The third-order valence-corrected chi connectivity index (χ3v) is 3.93. The lowest BCUT2D eigenvalue weighted by Crippen LogP contribution is -2.30. The Morgan fingerprint density at radius 2 is 1.81 bits per heavy atom. The highest BCUT2D eigenvalue weighted by atomic mass is 16.6. The van der Waals surface area contributed by atoms with E-state index in [1.807, 2.05) is 18.2 Å². The van der Waals surface area contributed by atoms with Gasteiger partial charge in [-0.3, -0.25) is 5.10 Å². The van der Waals surface area contributed by atoms with E-state index in [4.69, 9.17) is 9.47 Å². The second-order valence-electron chi connectivity index (χ2n) is 5.39. The molecule has 2 aromatic rings. The summed E-state index contributed by atoms with van der Waals surface area (Å²) in [6, 6.07) is 5.86. The lowest BCUT2D eigenvalue weighted by atomic mass is 10.1. The molecule has 2 aliphatic rings. The smallest absolute Gasteiger partial charge is 0.245 e. The Morgan fingerprint density at radius 3 is 2.67 bits per heavy atom. The Kier molecular flexibility index (Phi) is 3.14. The van der Waals surface area contributed by atoms with Crippen molar-refractivity contribution in [2.75, 3.05) is 31.2 Å². The number of piperidine rings is 1. The zero-order chi connectivity index (χ0) is 14.1. The number of anilines is 1. The quantitative estimate of drug-likeness (QED) is 0.917. The van der Waals surface area contributed by atoms with Crippen LogP contribution in [0.4, 0.5) is 5.95 Å². The van der Waals surface area contributed by atoms with Gasteiger partial charge in [0.15, 0.2) is 17.3 Å². The van der Waals surface area contributed by atoms with Crippen LogP contribution in [-0.4, -0.2) is 41.5 Å². The normalized spacial score (nSPS) is 17.8. The van der Waals surface area contributed by atoms with Gasteiger partial charge in [-0.2, -0.15) is 4.98 Å². The van der Waals surface area contributed by atoms with E-state index < -0.39 is 0 Å². The van der Waals surface area contributed by atoms with Crippen LogP contribution in [0.5, 0.6) is 11.5 Å². The summed E-state index contributed by atoms with van der Waals surface area (Å²) in [4.78, 5) is 6.85. The van der Waals surface area contributed by atoms with E-state index in [9.17, 15) is 0 Å². The number of nitrogens with zero attached hydrogens (tertiary/aromatic N) is 3. The number of ether oxygens (including phenoxy) is 2. The van der Waals surface area contributed by atoms with E-state index >= 15 is 0 Å². The Morgan fingerprint density at radius 1 is 1.00 bits per heavy atom. The first-order chi connectivity index (χ1) is 10.4. The summed E-state index contributed by atoms with van der Waals surface area (Å²) in [6.45, 7) is 3.27. The van der Waals surface area contributed by atoms with Gasteiger partial charge in [0.1, 0.15) is 13.2 Å². The maximum absolute atomic E-state index is 5.61. The molecule has 6 nitrogen and oxygen atoms in total. The summed E-state index contributed by atoms with van der Waals surface area (Å²) < 4.78 is 11.1. The highest BCUT2D eigenvalue weighted by molar-refractivity contribution is 5.62. The van der Waals surface area contributed by atoms with Crippen LogP contribution in [0, 0.1) is 0 Å². The molecule has 1 N–H and O–H groups in total. The van der Waals surface area contributed by atoms with Crippen LogP contribution in [-0.2, 0) is 0 Å². The summed E-state index contributed by atoms with van der Waals surface area (Å²) in [5.74, 6) is 3.13. The number of aromatic nitrogens is 3. The first kappa shape index (κ1) is 12.5. The third-order valence-electron chi connectivity index (χ3n) is 3.93. The monoisotopic (exact) mass is 286 g/mol. The zero-order valence-corrected chi connectivity index (χ0v) is 11.8. The molecule has 0 aliphatic carbocycles. The number of hydrogen-bond acceptors (Lipinski definition) is 5. The number of aromatic amines is 1. The minimum Gasteiger partial charge on any atom is -0.486 e. The van der Waals surface area contributed by atoms with Gasteiger partial charge in [0.2, 0.25) is 5.95 Å². The van der Waals surface area contributed by atoms with E-state index in [1.54, 1.807) is 0 Å². The van der Waals surface area contributed by atoms with Crippen molar-refractivity contribution in [2.24, 2.45) is 0 Å². The molecule has 3 heterocycles. The van der Waals surface area contributed by atoms with E-state index in [0.29, 0.717) is 13.2 Å². The summed E-state index contributed by atoms with van der Waals surface area (Å²) >= 11 is 0. The van der Waals surface area contributed by atoms with Crippen LogP contribution in [0.2, 0.25) is 0 Å². The second kappa shape index (κ2) is 5.27. The largest absolute Gasteiger partial charge is 0.486 e. The standard InChI is InChI=1S/C15H18N4O2/c1-2-6-19(7-3-1)15-16-14(17-18-15)11-4-5-12-13(10-11)21-9-8-20-12/h4-5,10H,1-3,6-9H2,(H,16,17,18). The van der Waals surface area contributed by atoms with Gasteiger partial charge in [0.25, 0.3) is 0 Å². The van der Waals surface area contributed by atoms with Gasteiger partial charge in [0.05, 0.1) is 0 Å². The Bertz CT molecular complexity index is 634. The Labute approximate surface area is 123 Å². The van der Waals surface area contributed by atoms with E-state index in [-0.39, 0.29) is 0 Å². The molecular weight excluding hydrogens is 268 g/mol. The minimum atomic E-state index is 0.589. The van der Waals surface area contributed by atoms with Gasteiger partial charge in [0, 0.05) is 18.7 Å². The van der Waals surface area contributed by atoms with Crippen molar-refractivity contribution in [2.45, 2.75) is 19.3 Å².